The van der Waals surface area contributed by atoms with E-state index in [2.05, 4.69) is 27.6 Å². The molecular weight excluding hydrogens is 419 g/mol. The first kappa shape index (κ1) is 20.7. The molecule has 8 heteroatoms. The van der Waals surface area contributed by atoms with Gasteiger partial charge in [-0.25, -0.2) is 0 Å². The quantitative estimate of drug-likeness (QED) is 0.271. The fourth-order valence-electron chi connectivity index (χ4n) is 2.66. The molecule has 1 aliphatic rings. The maximum atomic E-state index is 11.5. The van der Waals surface area contributed by atoms with Crippen molar-refractivity contribution in [1.82, 2.24) is 25.3 Å². The average Bonchev–Trinajstić information content (AvgIpc) is 3.12. The molecule has 1 saturated heterocycles. The highest BCUT2D eigenvalue weighted by Crippen LogP contribution is 2.09. The summed E-state index contributed by atoms with van der Waals surface area (Å²) < 4.78 is 1.81. The number of hydrogen-bond acceptors (Lipinski definition) is 3. The Hall–Kier alpha value is -1.32. The summed E-state index contributed by atoms with van der Waals surface area (Å²) in [5, 5.41) is 10.8. The van der Waals surface area contributed by atoms with Crippen molar-refractivity contribution >= 4 is 35.8 Å². The molecule has 1 aromatic heterocycles. The van der Waals surface area contributed by atoms with E-state index in [-0.39, 0.29) is 29.9 Å². The molecule has 2 rings (SSSR count). The van der Waals surface area contributed by atoms with E-state index in [9.17, 15) is 4.79 Å². The Morgan fingerprint density at radius 1 is 1.42 bits per heavy atom. The number of carbonyl (C=O) groups excluding carboxylic acids is 1. The van der Waals surface area contributed by atoms with Gasteiger partial charge in [0.25, 0.3) is 0 Å². The first-order valence-electron chi connectivity index (χ1n) is 8.46. The Labute approximate surface area is 161 Å². The molecule has 0 aromatic carbocycles. The lowest BCUT2D eigenvalue weighted by molar-refractivity contribution is -0.127. The third kappa shape index (κ3) is 7.06. The SMILES string of the molecule is CCNC(=NCCCN1CCCC1=O)NCCc1cnn(C)c1.I. The standard InChI is InChI=1S/C16H28N6O.HI/c1-3-17-16(19-9-7-14-12-20-21(2)13-14)18-8-5-11-22-10-4-6-15(22)23;/h12-13H,3-11H2,1-2H3,(H2,17,18,19);1H. The number of nitrogens with zero attached hydrogens (tertiary/aromatic N) is 4. The minimum Gasteiger partial charge on any atom is -0.357 e. The summed E-state index contributed by atoms with van der Waals surface area (Å²) in [6.45, 7) is 6.17. The number of halogens is 1. The van der Waals surface area contributed by atoms with Crippen LogP contribution in [0.4, 0.5) is 0 Å². The highest BCUT2D eigenvalue weighted by atomic mass is 127. The number of carbonyl (C=O) groups is 1. The molecule has 24 heavy (non-hydrogen) atoms. The van der Waals surface area contributed by atoms with Crippen LogP contribution in [0.25, 0.3) is 0 Å². The van der Waals surface area contributed by atoms with Crippen molar-refractivity contribution in [2.45, 2.75) is 32.6 Å². The van der Waals surface area contributed by atoms with E-state index in [1.54, 1.807) is 0 Å². The monoisotopic (exact) mass is 448 g/mol. The number of rotatable bonds is 8. The topological polar surface area (TPSA) is 74.6 Å². The summed E-state index contributed by atoms with van der Waals surface area (Å²) in [7, 11) is 1.92. The molecule has 7 nitrogen and oxygen atoms in total. The van der Waals surface area contributed by atoms with E-state index >= 15 is 0 Å². The van der Waals surface area contributed by atoms with Gasteiger partial charge in [-0.05, 0) is 31.7 Å². The van der Waals surface area contributed by atoms with Crippen molar-refractivity contribution in [2.75, 3.05) is 32.7 Å². The zero-order valence-corrected chi connectivity index (χ0v) is 17.0. The molecule has 1 aliphatic heterocycles. The summed E-state index contributed by atoms with van der Waals surface area (Å²) in [5.74, 6) is 1.12. The van der Waals surface area contributed by atoms with Crippen molar-refractivity contribution in [3.8, 4) is 0 Å². The van der Waals surface area contributed by atoms with Gasteiger partial charge in [-0.3, -0.25) is 14.5 Å². The number of guanidine groups is 1. The fourth-order valence-corrected chi connectivity index (χ4v) is 2.66. The van der Waals surface area contributed by atoms with Gasteiger partial charge in [-0.15, -0.1) is 24.0 Å². The highest BCUT2D eigenvalue weighted by molar-refractivity contribution is 14.0. The second-order valence-electron chi connectivity index (χ2n) is 5.80. The number of nitrogens with one attached hydrogen (secondary N) is 2. The molecule has 1 aromatic rings. The van der Waals surface area contributed by atoms with Gasteiger partial charge in [0, 0.05) is 52.4 Å². The van der Waals surface area contributed by atoms with E-state index < -0.39 is 0 Å². The van der Waals surface area contributed by atoms with E-state index in [4.69, 9.17) is 0 Å². The molecule has 0 unspecified atom stereocenters. The van der Waals surface area contributed by atoms with E-state index in [1.165, 1.54) is 5.56 Å². The Kier molecular flexibility index (Phi) is 9.73. The number of aromatic nitrogens is 2. The molecule has 0 spiro atoms. The molecular formula is C16H29IN6O. The largest absolute Gasteiger partial charge is 0.357 e. The van der Waals surface area contributed by atoms with Crippen LogP contribution in [0, 0.1) is 0 Å². The van der Waals surface area contributed by atoms with Crippen LogP contribution in [0.2, 0.25) is 0 Å². The van der Waals surface area contributed by atoms with Crippen LogP contribution in [0.3, 0.4) is 0 Å². The van der Waals surface area contributed by atoms with Crippen LogP contribution >= 0.6 is 24.0 Å². The minimum absolute atomic E-state index is 0. The normalized spacial score (nSPS) is 14.7. The van der Waals surface area contributed by atoms with Crippen LogP contribution in [0.1, 0.15) is 31.7 Å². The maximum absolute atomic E-state index is 11.5. The van der Waals surface area contributed by atoms with Gasteiger partial charge < -0.3 is 15.5 Å². The maximum Gasteiger partial charge on any atom is 0.222 e. The van der Waals surface area contributed by atoms with Gasteiger partial charge in [0.1, 0.15) is 0 Å². The van der Waals surface area contributed by atoms with Gasteiger partial charge in [0.2, 0.25) is 5.91 Å². The molecule has 136 valence electrons. The van der Waals surface area contributed by atoms with E-state index in [1.807, 2.05) is 29.0 Å². The minimum atomic E-state index is 0. The van der Waals surface area contributed by atoms with Crippen LogP contribution in [0.15, 0.2) is 17.4 Å². The molecule has 2 heterocycles. The average molecular weight is 448 g/mol. The summed E-state index contributed by atoms with van der Waals surface area (Å²) in [4.78, 5) is 18.1. The summed E-state index contributed by atoms with van der Waals surface area (Å²) in [5.41, 5.74) is 1.21. The van der Waals surface area contributed by atoms with Gasteiger partial charge in [0.05, 0.1) is 6.20 Å². The summed E-state index contributed by atoms with van der Waals surface area (Å²) in [6, 6.07) is 0. The fraction of sp³-hybridized carbons (Fsp3) is 0.688. The van der Waals surface area contributed by atoms with Gasteiger partial charge in [-0.2, -0.15) is 5.10 Å². The Balaban J connectivity index is 0.00000288. The first-order valence-corrected chi connectivity index (χ1v) is 8.46. The summed E-state index contributed by atoms with van der Waals surface area (Å²) >= 11 is 0. The third-order valence-electron chi connectivity index (χ3n) is 3.84. The van der Waals surface area contributed by atoms with E-state index in [0.29, 0.717) is 6.42 Å². The molecule has 2 N–H and O–H groups in total. The van der Waals surface area contributed by atoms with Crippen molar-refractivity contribution in [3.63, 3.8) is 0 Å². The number of likely N-dealkylation sites (tertiary alicyclic amines) is 1. The molecule has 0 saturated carbocycles. The molecule has 1 fully saturated rings. The zero-order chi connectivity index (χ0) is 16.5. The molecule has 0 radical (unpaired) electrons. The Morgan fingerprint density at radius 2 is 2.25 bits per heavy atom. The number of hydrogen-bond donors (Lipinski definition) is 2. The van der Waals surface area contributed by atoms with Crippen molar-refractivity contribution in [1.29, 1.82) is 0 Å². The smallest absolute Gasteiger partial charge is 0.222 e. The molecule has 1 amide bonds. The highest BCUT2D eigenvalue weighted by Gasteiger charge is 2.18. The van der Waals surface area contributed by atoms with Gasteiger partial charge >= 0.3 is 0 Å². The predicted octanol–water partition coefficient (Wildman–Crippen LogP) is 1.15. The Morgan fingerprint density at radius 3 is 2.88 bits per heavy atom. The lowest BCUT2D eigenvalue weighted by atomic mass is 10.2. The molecule has 0 bridgehead atoms. The van der Waals surface area contributed by atoms with Crippen molar-refractivity contribution in [3.05, 3.63) is 18.0 Å². The van der Waals surface area contributed by atoms with Crippen LogP contribution < -0.4 is 10.6 Å². The van der Waals surface area contributed by atoms with Crippen molar-refractivity contribution < 1.29 is 4.79 Å². The number of aryl methyl sites for hydroxylation is 1. The second kappa shape index (κ2) is 11.3. The van der Waals surface area contributed by atoms with Gasteiger partial charge in [-0.1, -0.05) is 0 Å². The summed E-state index contributed by atoms with van der Waals surface area (Å²) in [6.07, 6.45) is 7.45. The Bertz CT molecular complexity index is 530. The first-order chi connectivity index (χ1) is 11.2. The van der Waals surface area contributed by atoms with Crippen LogP contribution in [-0.4, -0.2) is 59.3 Å². The lowest BCUT2D eigenvalue weighted by Gasteiger charge is -2.15. The zero-order valence-electron chi connectivity index (χ0n) is 14.6. The van der Waals surface area contributed by atoms with Crippen LogP contribution in [0.5, 0.6) is 0 Å². The van der Waals surface area contributed by atoms with Crippen LogP contribution in [-0.2, 0) is 18.3 Å². The number of aliphatic imine (C=N–C) groups is 1. The van der Waals surface area contributed by atoms with E-state index in [0.717, 1.165) is 57.9 Å². The lowest BCUT2D eigenvalue weighted by Crippen LogP contribution is -2.38. The third-order valence-corrected chi connectivity index (χ3v) is 3.84. The molecule has 0 atom stereocenters. The molecule has 0 aliphatic carbocycles. The number of amides is 1. The predicted molar refractivity (Wildman–Crippen MR) is 107 cm³/mol. The van der Waals surface area contributed by atoms with Crippen molar-refractivity contribution in [2.24, 2.45) is 12.0 Å². The van der Waals surface area contributed by atoms with Gasteiger partial charge in [0.15, 0.2) is 5.96 Å². The second-order valence-corrected chi connectivity index (χ2v) is 5.80.